The maximum absolute atomic E-state index is 12.1. The number of anilines is 1. The fourth-order valence-electron chi connectivity index (χ4n) is 2.52. The summed E-state index contributed by atoms with van der Waals surface area (Å²) in [5.41, 5.74) is 2.21. The molecule has 0 unspecified atom stereocenters. The lowest BCUT2D eigenvalue weighted by Gasteiger charge is -2.06. The van der Waals surface area contributed by atoms with Gasteiger partial charge in [-0.3, -0.25) is 9.48 Å². The summed E-state index contributed by atoms with van der Waals surface area (Å²) >= 11 is 12.0. The molecule has 27 heavy (non-hydrogen) atoms. The molecule has 9 heteroatoms. The van der Waals surface area contributed by atoms with E-state index in [9.17, 15) is 4.79 Å². The highest BCUT2D eigenvalue weighted by atomic mass is 35.5. The second-order valence-corrected chi connectivity index (χ2v) is 6.82. The summed E-state index contributed by atoms with van der Waals surface area (Å²) in [6.07, 6.45) is 3.55. The first-order chi connectivity index (χ1) is 12.9. The van der Waals surface area contributed by atoms with E-state index >= 15 is 0 Å². The maximum atomic E-state index is 12.1. The van der Waals surface area contributed by atoms with Crippen LogP contribution >= 0.6 is 23.2 Å². The lowest BCUT2D eigenvalue weighted by atomic mass is 10.3. The van der Waals surface area contributed by atoms with Gasteiger partial charge in [0.2, 0.25) is 5.91 Å². The minimum atomic E-state index is -0.131. The third-order valence-electron chi connectivity index (χ3n) is 3.92. The van der Waals surface area contributed by atoms with Crippen molar-refractivity contribution in [3.8, 4) is 5.75 Å². The lowest BCUT2D eigenvalue weighted by molar-refractivity contribution is -0.116. The predicted octanol–water partition coefficient (Wildman–Crippen LogP) is 4.07. The molecule has 1 amide bonds. The third-order valence-corrected chi connectivity index (χ3v) is 4.70. The second kappa shape index (κ2) is 8.45. The number of hydrogen-bond acceptors (Lipinski definition) is 4. The van der Waals surface area contributed by atoms with Gasteiger partial charge in [0, 0.05) is 11.4 Å². The number of hydrogen-bond donors (Lipinski definition) is 1. The number of nitrogens with zero attached hydrogens (tertiary/aromatic N) is 4. The van der Waals surface area contributed by atoms with Crippen molar-refractivity contribution in [2.75, 3.05) is 5.32 Å². The van der Waals surface area contributed by atoms with Crippen LogP contribution in [0.25, 0.3) is 0 Å². The van der Waals surface area contributed by atoms with Crippen LogP contribution in [0.15, 0.2) is 36.7 Å². The van der Waals surface area contributed by atoms with Crippen LogP contribution in [-0.4, -0.2) is 25.5 Å². The van der Waals surface area contributed by atoms with Gasteiger partial charge in [0.1, 0.15) is 5.75 Å². The highest BCUT2D eigenvalue weighted by molar-refractivity contribution is 6.31. The molecule has 0 saturated carbocycles. The van der Waals surface area contributed by atoms with E-state index < -0.39 is 0 Å². The van der Waals surface area contributed by atoms with E-state index in [0.29, 0.717) is 28.0 Å². The molecular weight excluding hydrogens is 389 g/mol. The summed E-state index contributed by atoms with van der Waals surface area (Å²) in [7, 11) is 0. The molecule has 2 heterocycles. The molecule has 142 valence electrons. The van der Waals surface area contributed by atoms with Crippen LogP contribution in [0.2, 0.25) is 10.0 Å². The van der Waals surface area contributed by atoms with Crippen LogP contribution < -0.4 is 10.1 Å². The molecule has 0 atom stereocenters. The number of benzene rings is 1. The van der Waals surface area contributed by atoms with Gasteiger partial charge in [-0.1, -0.05) is 29.3 Å². The Balaban J connectivity index is 1.49. The summed E-state index contributed by atoms with van der Waals surface area (Å²) in [4.78, 5) is 12.1. The van der Waals surface area contributed by atoms with Gasteiger partial charge >= 0.3 is 0 Å². The average molecular weight is 408 g/mol. The first-order valence-electron chi connectivity index (χ1n) is 8.32. The number of amides is 1. The lowest BCUT2D eigenvalue weighted by Crippen LogP contribution is -2.15. The Bertz CT molecular complexity index is 951. The van der Waals surface area contributed by atoms with Crippen molar-refractivity contribution in [1.29, 1.82) is 0 Å². The van der Waals surface area contributed by atoms with Crippen LogP contribution in [0.4, 0.5) is 5.69 Å². The standard InChI is InChI=1S/C18H19Cl2N5O2/c1-12-18(20)13(2)25(23-12)7-6-17(26)22-15-9-21-24(10-15)11-27-16-5-3-4-14(19)8-16/h3-5,8-10H,6-7,11H2,1-2H3,(H,22,26). The Morgan fingerprint density at radius 1 is 1.30 bits per heavy atom. The monoisotopic (exact) mass is 407 g/mol. The number of ether oxygens (including phenoxy) is 1. The number of rotatable bonds is 7. The summed E-state index contributed by atoms with van der Waals surface area (Å²) < 4.78 is 8.92. The summed E-state index contributed by atoms with van der Waals surface area (Å²) in [6, 6.07) is 7.11. The quantitative estimate of drug-likeness (QED) is 0.640. The summed E-state index contributed by atoms with van der Waals surface area (Å²) in [5.74, 6) is 0.515. The minimum absolute atomic E-state index is 0.131. The molecule has 0 saturated heterocycles. The fraction of sp³-hybridized carbons (Fsp3) is 0.278. The molecule has 3 rings (SSSR count). The molecular formula is C18H19Cl2N5O2. The average Bonchev–Trinajstić information content (AvgIpc) is 3.18. The van der Waals surface area contributed by atoms with Crippen molar-refractivity contribution in [2.45, 2.75) is 33.5 Å². The minimum Gasteiger partial charge on any atom is -0.471 e. The number of aryl methyl sites for hydroxylation is 2. The van der Waals surface area contributed by atoms with Crippen LogP contribution in [-0.2, 0) is 18.1 Å². The largest absolute Gasteiger partial charge is 0.471 e. The van der Waals surface area contributed by atoms with E-state index in [4.69, 9.17) is 27.9 Å². The Hall–Kier alpha value is -2.51. The van der Waals surface area contributed by atoms with Crippen molar-refractivity contribution in [2.24, 2.45) is 0 Å². The van der Waals surface area contributed by atoms with E-state index in [1.165, 1.54) is 0 Å². The van der Waals surface area contributed by atoms with Crippen molar-refractivity contribution >= 4 is 34.8 Å². The first-order valence-corrected chi connectivity index (χ1v) is 9.08. The number of carbonyl (C=O) groups is 1. The molecule has 0 bridgehead atoms. The van der Waals surface area contributed by atoms with Gasteiger partial charge < -0.3 is 10.1 Å². The van der Waals surface area contributed by atoms with E-state index in [1.807, 2.05) is 26.0 Å². The molecule has 0 fully saturated rings. The van der Waals surface area contributed by atoms with E-state index in [-0.39, 0.29) is 19.1 Å². The third kappa shape index (κ3) is 5.02. The maximum Gasteiger partial charge on any atom is 0.226 e. The van der Waals surface area contributed by atoms with Crippen LogP contribution in [0.3, 0.4) is 0 Å². The molecule has 0 aliphatic heterocycles. The van der Waals surface area contributed by atoms with Gasteiger partial charge in [-0.25, -0.2) is 4.68 Å². The van der Waals surface area contributed by atoms with Gasteiger partial charge in [-0.05, 0) is 32.0 Å². The van der Waals surface area contributed by atoms with Crippen molar-refractivity contribution in [1.82, 2.24) is 19.6 Å². The Morgan fingerprint density at radius 3 is 2.81 bits per heavy atom. The Kier molecular flexibility index (Phi) is 6.03. The van der Waals surface area contributed by atoms with E-state index in [2.05, 4.69) is 15.5 Å². The van der Waals surface area contributed by atoms with Crippen LogP contribution in [0.5, 0.6) is 5.75 Å². The Morgan fingerprint density at radius 2 is 2.11 bits per heavy atom. The summed E-state index contributed by atoms with van der Waals surface area (Å²) in [6.45, 7) is 4.38. The molecule has 0 spiro atoms. The van der Waals surface area contributed by atoms with Crippen molar-refractivity contribution in [3.05, 3.63) is 58.1 Å². The van der Waals surface area contributed by atoms with E-state index in [0.717, 1.165) is 11.4 Å². The molecule has 7 nitrogen and oxygen atoms in total. The molecule has 2 aromatic heterocycles. The highest BCUT2D eigenvalue weighted by Crippen LogP contribution is 2.19. The molecule has 0 aliphatic carbocycles. The first kappa shape index (κ1) is 19.3. The predicted molar refractivity (Wildman–Crippen MR) is 104 cm³/mol. The molecule has 1 N–H and O–H groups in total. The van der Waals surface area contributed by atoms with Gasteiger partial charge in [-0.2, -0.15) is 10.2 Å². The highest BCUT2D eigenvalue weighted by Gasteiger charge is 2.11. The van der Waals surface area contributed by atoms with Crippen molar-refractivity contribution in [3.63, 3.8) is 0 Å². The number of nitrogens with one attached hydrogen (secondary N) is 1. The zero-order chi connectivity index (χ0) is 19.4. The number of aromatic nitrogens is 4. The van der Waals surface area contributed by atoms with E-state index in [1.54, 1.807) is 33.9 Å². The second-order valence-electron chi connectivity index (χ2n) is 6.01. The van der Waals surface area contributed by atoms with Crippen LogP contribution in [0, 0.1) is 13.8 Å². The summed E-state index contributed by atoms with van der Waals surface area (Å²) in [5, 5.41) is 12.5. The number of carbonyl (C=O) groups excluding carboxylic acids is 1. The van der Waals surface area contributed by atoms with Gasteiger partial charge in [-0.15, -0.1) is 0 Å². The van der Waals surface area contributed by atoms with Gasteiger partial charge in [0.05, 0.1) is 41.0 Å². The molecule has 3 aromatic rings. The SMILES string of the molecule is Cc1nn(CCC(=O)Nc2cnn(COc3cccc(Cl)c3)c2)c(C)c1Cl. The van der Waals surface area contributed by atoms with Gasteiger partial charge in [0.15, 0.2) is 6.73 Å². The van der Waals surface area contributed by atoms with Crippen LogP contribution in [0.1, 0.15) is 17.8 Å². The molecule has 0 aliphatic rings. The smallest absolute Gasteiger partial charge is 0.226 e. The Labute approximate surface area is 166 Å². The zero-order valence-corrected chi connectivity index (χ0v) is 16.5. The molecule has 0 radical (unpaired) electrons. The fourth-order valence-corrected chi connectivity index (χ4v) is 2.84. The zero-order valence-electron chi connectivity index (χ0n) is 14.9. The van der Waals surface area contributed by atoms with Crippen molar-refractivity contribution < 1.29 is 9.53 Å². The number of halogens is 2. The molecule has 1 aromatic carbocycles. The normalized spacial score (nSPS) is 10.8. The topological polar surface area (TPSA) is 74.0 Å². The van der Waals surface area contributed by atoms with Gasteiger partial charge in [0.25, 0.3) is 0 Å².